The standard InChI is InChI=1S/C8H12BrNO3/c1-8(2,7(12)13)10-4-5(9)3-6(10)11/h5H,3-4H2,1-2H3,(H,12,13). The molecule has 13 heavy (non-hydrogen) atoms. The summed E-state index contributed by atoms with van der Waals surface area (Å²) in [5, 5.41) is 8.90. The largest absolute Gasteiger partial charge is 0.480 e. The van der Waals surface area contributed by atoms with Crippen LogP contribution in [0.1, 0.15) is 20.3 Å². The normalized spacial score (nSPS) is 23.8. The molecule has 5 heteroatoms. The van der Waals surface area contributed by atoms with E-state index in [1.165, 1.54) is 18.7 Å². The maximum absolute atomic E-state index is 11.4. The van der Waals surface area contributed by atoms with Crippen molar-refractivity contribution in [3.63, 3.8) is 0 Å². The molecule has 1 N–H and O–H groups in total. The van der Waals surface area contributed by atoms with Crippen molar-refractivity contribution in [1.29, 1.82) is 0 Å². The number of carbonyl (C=O) groups excluding carboxylic acids is 1. The molecule has 0 bridgehead atoms. The van der Waals surface area contributed by atoms with E-state index in [-0.39, 0.29) is 10.7 Å². The molecule has 4 nitrogen and oxygen atoms in total. The van der Waals surface area contributed by atoms with Gasteiger partial charge in [-0.15, -0.1) is 0 Å². The minimum Gasteiger partial charge on any atom is -0.480 e. The van der Waals surface area contributed by atoms with E-state index in [1.807, 2.05) is 0 Å². The summed E-state index contributed by atoms with van der Waals surface area (Å²) in [7, 11) is 0. The molecule has 0 aromatic heterocycles. The SMILES string of the molecule is CC(C)(C(=O)O)N1CC(Br)CC1=O. The van der Waals surface area contributed by atoms with Crippen LogP contribution in [0.15, 0.2) is 0 Å². The van der Waals surface area contributed by atoms with Crippen molar-refractivity contribution in [3.8, 4) is 0 Å². The number of likely N-dealkylation sites (tertiary alicyclic amines) is 1. The molecule has 1 heterocycles. The molecule has 0 aliphatic carbocycles. The number of hydrogen-bond acceptors (Lipinski definition) is 2. The van der Waals surface area contributed by atoms with Crippen LogP contribution in [0.5, 0.6) is 0 Å². The number of nitrogens with zero attached hydrogens (tertiary/aromatic N) is 1. The molecule has 1 aliphatic rings. The van der Waals surface area contributed by atoms with Crippen LogP contribution in [0.3, 0.4) is 0 Å². The van der Waals surface area contributed by atoms with Crippen LogP contribution in [0.25, 0.3) is 0 Å². The Morgan fingerprint density at radius 3 is 2.54 bits per heavy atom. The number of aliphatic carboxylic acids is 1. The molecule has 1 aliphatic heterocycles. The topological polar surface area (TPSA) is 57.6 Å². The van der Waals surface area contributed by atoms with E-state index in [4.69, 9.17) is 5.11 Å². The predicted octanol–water partition coefficient (Wildman–Crippen LogP) is 0.845. The van der Waals surface area contributed by atoms with Gasteiger partial charge in [0, 0.05) is 17.8 Å². The lowest BCUT2D eigenvalue weighted by Gasteiger charge is -2.31. The Morgan fingerprint density at radius 1 is 1.69 bits per heavy atom. The second-order valence-corrected chi connectivity index (χ2v) is 4.96. The third-order valence-electron chi connectivity index (χ3n) is 2.28. The van der Waals surface area contributed by atoms with Crippen molar-refractivity contribution >= 4 is 27.8 Å². The highest BCUT2D eigenvalue weighted by atomic mass is 79.9. The van der Waals surface area contributed by atoms with Crippen molar-refractivity contribution < 1.29 is 14.7 Å². The quantitative estimate of drug-likeness (QED) is 0.739. The van der Waals surface area contributed by atoms with E-state index in [0.29, 0.717) is 13.0 Å². The lowest BCUT2D eigenvalue weighted by Crippen LogP contribution is -2.50. The molecule has 1 saturated heterocycles. The second-order valence-electron chi connectivity index (χ2n) is 3.67. The molecule has 0 aromatic carbocycles. The van der Waals surface area contributed by atoms with Crippen molar-refractivity contribution in [2.75, 3.05) is 6.54 Å². The van der Waals surface area contributed by atoms with Crippen molar-refractivity contribution in [2.24, 2.45) is 0 Å². The van der Waals surface area contributed by atoms with Gasteiger partial charge < -0.3 is 10.0 Å². The highest BCUT2D eigenvalue weighted by molar-refractivity contribution is 9.09. The first-order valence-electron chi connectivity index (χ1n) is 4.03. The van der Waals surface area contributed by atoms with Gasteiger partial charge in [-0.2, -0.15) is 0 Å². The summed E-state index contributed by atoms with van der Waals surface area (Å²) in [4.78, 5) is 23.7. The average Bonchev–Trinajstić information content (AvgIpc) is 2.30. The Bertz CT molecular complexity index is 252. The lowest BCUT2D eigenvalue weighted by molar-refractivity contribution is -0.154. The van der Waals surface area contributed by atoms with E-state index < -0.39 is 11.5 Å². The smallest absolute Gasteiger partial charge is 0.329 e. The van der Waals surface area contributed by atoms with Crippen LogP contribution in [-0.4, -0.2) is 38.8 Å². The fourth-order valence-corrected chi connectivity index (χ4v) is 1.89. The van der Waals surface area contributed by atoms with Gasteiger partial charge in [-0.1, -0.05) is 15.9 Å². The van der Waals surface area contributed by atoms with E-state index in [2.05, 4.69) is 15.9 Å². The summed E-state index contributed by atoms with van der Waals surface area (Å²) in [5.41, 5.74) is -1.10. The number of alkyl halides is 1. The average molecular weight is 250 g/mol. The molecule has 74 valence electrons. The number of hydrogen-bond donors (Lipinski definition) is 1. The van der Waals surface area contributed by atoms with Gasteiger partial charge in [0.25, 0.3) is 0 Å². The Labute approximate surface area is 85.0 Å². The van der Waals surface area contributed by atoms with Crippen LogP contribution >= 0.6 is 15.9 Å². The molecule has 1 rings (SSSR count). The minimum absolute atomic E-state index is 0.0821. The predicted molar refractivity (Wildman–Crippen MR) is 50.8 cm³/mol. The Hall–Kier alpha value is -0.580. The number of amides is 1. The molecule has 0 spiro atoms. The Morgan fingerprint density at radius 2 is 2.23 bits per heavy atom. The zero-order valence-corrected chi connectivity index (χ0v) is 9.17. The van der Waals surface area contributed by atoms with Gasteiger partial charge in [-0.25, -0.2) is 4.79 Å². The number of carboxylic acids is 1. The van der Waals surface area contributed by atoms with E-state index in [0.717, 1.165) is 0 Å². The maximum Gasteiger partial charge on any atom is 0.329 e. The first-order chi connectivity index (χ1) is 5.85. The van der Waals surface area contributed by atoms with Crippen LogP contribution < -0.4 is 0 Å². The summed E-state index contributed by atoms with van der Waals surface area (Å²) in [6.45, 7) is 3.55. The van der Waals surface area contributed by atoms with Crippen LogP contribution in [0, 0.1) is 0 Å². The van der Waals surface area contributed by atoms with Crippen LogP contribution in [0.4, 0.5) is 0 Å². The zero-order valence-electron chi connectivity index (χ0n) is 7.58. The zero-order chi connectivity index (χ0) is 10.2. The van der Waals surface area contributed by atoms with Crippen LogP contribution in [-0.2, 0) is 9.59 Å². The second kappa shape index (κ2) is 3.29. The molecule has 1 amide bonds. The summed E-state index contributed by atoms with van der Waals surface area (Å²) < 4.78 is 0. The molecule has 0 saturated carbocycles. The molecule has 1 fully saturated rings. The Kier molecular flexibility index (Phi) is 2.66. The number of halogens is 1. The Balaban J connectivity index is 2.83. The van der Waals surface area contributed by atoms with Gasteiger partial charge in [0.05, 0.1) is 0 Å². The van der Waals surface area contributed by atoms with Crippen LogP contribution in [0.2, 0.25) is 0 Å². The third kappa shape index (κ3) is 1.85. The number of carbonyl (C=O) groups is 2. The summed E-state index contributed by atoms with van der Waals surface area (Å²) in [5.74, 6) is -1.07. The number of rotatable bonds is 2. The van der Waals surface area contributed by atoms with Crippen molar-refractivity contribution in [1.82, 2.24) is 4.90 Å². The molecule has 1 atom stereocenters. The first-order valence-corrected chi connectivity index (χ1v) is 4.95. The van der Waals surface area contributed by atoms with Gasteiger partial charge in [0.1, 0.15) is 5.54 Å². The number of carboxylic acid groups (broad SMARTS) is 1. The van der Waals surface area contributed by atoms with Gasteiger partial charge in [0.15, 0.2) is 0 Å². The van der Waals surface area contributed by atoms with Gasteiger partial charge in [-0.05, 0) is 13.8 Å². The van der Waals surface area contributed by atoms with Crippen molar-refractivity contribution in [2.45, 2.75) is 30.6 Å². The van der Waals surface area contributed by atoms with Crippen molar-refractivity contribution in [3.05, 3.63) is 0 Å². The molecular formula is C8H12BrNO3. The molecular weight excluding hydrogens is 238 g/mol. The highest BCUT2D eigenvalue weighted by Gasteiger charge is 2.42. The van der Waals surface area contributed by atoms with E-state index in [1.54, 1.807) is 0 Å². The molecule has 0 aromatic rings. The maximum atomic E-state index is 11.4. The molecule has 1 unspecified atom stereocenters. The summed E-state index contributed by atoms with van der Waals surface area (Å²) in [6.07, 6.45) is 0.386. The highest BCUT2D eigenvalue weighted by Crippen LogP contribution is 2.26. The minimum atomic E-state index is -1.10. The van der Waals surface area contributed by atoms with Gasteiger partial charge in [-0.3, -0.25) is 4.79 Å². The van der Waals surface area contributed by atoms with E-state index >= 15 is 0 Å². The first kappa shape index (κ1) is 10.5. The lowest BCUT2D eigenvalue weighted by atomic mass is 10.0. The molecule has 0 radical (unpaired) electrons. The fraction of sp³-hybridized carbons (Fsp3) is 0.750. The summed E-state index contributed by atoms with van der Waals surface area (Å²) >= 11 is 3.31. The van der Waals surface area contributed by atoms with Gasteiger partial charge >= 0.3 is 5.97 Å². The summed E-state index contributed by atoms with van der Waals surface area (Å²) in [6, 6.07) is 0. The monoisotopic (exact) mass is 249 g/mol. The van der Waals surface area contributed by atoms with Gasteiger partial charge in [0.2, 0.25) is 5.91 Å². The van der Waals surface area contributed by atoms with E-state index in [9.17, 15) is 9.59 Å². The third-order valence-corrected chi connectivity index (χ3v) is 2.89. The fourth-order valence-electron chi connectivity index (χ4n) is 1.32.